The van der Waals surface area contributed by atoms with Gasteiger partial charge >= 0.3 is 0 Å². The van der Waals surface area contributed by atoms with E-state index < -0.39 is 0 Å². The van der Waals surface area contributed by atoms with Crippen LogP contribution in [0.15, 0.2) is 36.4 Å². The molecule has 0 saturated heterocycles. The number of carbonyl (C=O) groups is 2. The van der Waals surface area contributed by atoms with E-state index in [9.17, 15) is 9.59 Å². The van der Waals surface area contributed by atoms with Gasteiger partial charge in [0.25, 0.3) is 5.91 Å². The molecule has 0 radical (unpaired) electrons. The van der Waals surface area contributed by atoms with Crippen molar-refractivity contribution in [1.29, 1.82) is 0 Å². The van der Waals surface area contributed by atoms with E-state index in [1.807, 2.05) is 57.2 Å². The van der Waals surface area contributed by atoms with Gasteiger partial charge in [-0.15, -0.1) is 0 Å². The molecule has 5 heteroatoms. The Balaban J connectivity index is 1.79. The topological polar surface area (TPSA) is 58.6 Å². The molecular weight excluding hydrogens is 304 g/mol. The van der Waals surface area contributed by atoms with E-state index in [2.05, 4.69) is 5.32 Å². The molecule has 3 rings (SSSR count). The van der Waals surface area contributed by atoms with Crippen LogP contribution in [-0.2, 0) is 9.59 Å². The minimum Gasteiger partial charge on any atom is -0.482 e. The molecule has 0 spiro atoms. The van der Waals surface area contributed by atoms with E-state index in [1.54, 1.807) is 0 Å². The van der Waals surface area contributed by atoms with E-state index in [4.69, 9.17) is 4.74 Å². The normalized spacial score (nSPS) is 13.3. The van der Waals surface area contributed by atoms with Crippen LogP contribution in [0.1, 0.15) is 16.7 Å². The summed E-state index contributed by atoms with van der Waals surface area (Å²) in [5.74, 6) is 0.182. The Hall–Kier alpha value is -2.82. The van der Waals surface area contributed by atoms with E-state index in [1.165, 1.54) is 4.90 Å². The molecule has 0 bridgehead atoms. The first-order valence-corrected chi connectivity index (χ1v) is 7.85. The van der Waals surface area contributed by atoms with E-state index >= 15 is 0 Å². The molecule has 2 aromatic rings. The van der Waals surface area contributed by atoms with Gasteiger partial charge in [-0.3, -0.25) is 14.5 Å². The first-order valence-electron chi connectivity index (χ1n) is 7.85. The summed E-state index contributed by atoms with van der Waals surface area (Å²) in [6.45, 7) is 5.78. The van der Waals surface area contributed by atoms with Crippen LogP contribution in [0.3, 0.4) is 0 Å². The summed E-state index contributed by atoms with van der Waals surface area (Å²) in [4.78, 5) is 26.1. The van der Waals surface area contributed by atoms with Crippen LogP contribution in [-0.4, -0.2) is 25.0 Å². The monoisotopic (exact) mass is 324 g/mol. The zero-order valence-corrected chi connectivity index (χ0v) is 14.1. The molecule has 0 saturated carbocycles. The van der Waals surface area contributed by atoms with Crippen molar-refractivity contribution in [2.75, 3.05) is 23.4 Å². The van der Waals surface area contributed by atoms with Crippen LogP contribution in [0.4, 0.5) is 11.4 Å². The molecule has 1 N–H and O–H groups in total. The third-order valence-corrected chi connectivity index (χ3v) is 4.03. The molecule has 24 heavy (non-hydrogen) atoms. The van der Waals surface area contributed by atoms with Crippen molar-refractivity contribution in [1.82, 2.24) is 0 Å². The maximum Gasteiger partial charge on any atom is 0.265 e. The van der Waals surface area contributed by atoms with Crippen molar-refractivity contribution in [3.8, 4) is 5.75 Å². The summed E-state index contributed by atoms with van der Waals surface area (Å²) in [5.41, 5.74) is 4.50. The Morgan fingerprint density at radius 1 is 1.12 bits per heavy atom. The first kappa shape index (κ1) is 16.1. The van der Waals surface area contributed by atoms with Gasteiger partial charge in [-0.25, -0.2) is 0 Å². The Labute approximate surface area is 141 Å². The molecule has 2 amide bonds. The highest BCUT2D eigenvalue weighted by Gasteiger charge is 2.27. The Morgan fingerprint density at radius 2 is 1.83 bits per heavy atom. The smallest absolute Gasteiger partial charge is 0.265 e. The molecule has 0 aromatic heterocycles. The number of nitrogens with zero attached hydrogens (tertiary/aromatic N) is 1. The van der Waals surface area contributed by atoms with Crippen LogP contribution in [0, 0.1) is 20.8 Å². The highest BCUT2D eigenvalue weighted by Crippen LogP contribution is 2.32. The van der Waals surface area contributed by atoms with Crippen LogP contribution < -0.4 is 15.0 Å². The fourth-order valence-electron chi connectivity index (χ4n) is 2.69. The Bertz CT molecular complexity index is 814. The second-order valence-electron chi connectivity index (χ2n) is 6.11. The predicted octanol–water partition coefficient (Wildman–Crippen LogP) is 2.98. The molecule has 0 fully saturated rings. The first-order chi connectivity index (χ1) is 11.4. The second kappa shape index (κ2) is 6.35. The number of benzene rings is 2. The van der Waals surface area contributed by atoms with Crippen LogP contribution in [0.25, 0.3) is 0 Å². The quantitative estimate of drug-likeness (QED) is 0.944. The number of hydrogen-bond donors (Lipinski definition) is 1. The number of carbonyl (C=O) groups excluding carboxylic acids is 2. The number of amides is 2. The lowest BCUT2D eigenvalue weighted by Gasteiger charge is -2.29. The van der Waals surface area contributed by atoms with E-state index in [-0.39, 0.29) is 25.0 Å². The van der Waals surface area contributed by atoms with Crippen LogP contribution in [0.2, 0.25) is 0 Å². The fourth-order valence-corrected chi connectivity index (χ4v) is 2.69. The third kappa shape index (κ3) is 3.25. The SMILES string of the molecule is Cc1ccc(C)c(NC(=O)CN2C(=O)COc3cc(C)ccc32)c1. The van der Waals surface area contributed by atoms with Gasteiger partial charge in [-0.05, 0) is 55.7 Å². The standard InChI is InChI=1S/C19H20N2O3/c1-12-4-6-14(3)15(8-12)20-18(22)10-21-16-7-5-13(2)9-17(16)24-11-19(21)23/h4-9H,10-11H2,1-3H3,(H,20,22). The van der Waals surface area contributed by atoms with Gasteiger partial charge in [-0.1, -0.05) is 18.2 Å². The van der Waals surface area contributed by atoms with E-state index in [0.29, 0.717) is 11.4 Å². The molecular formula is C19H20N2O3. The van der Waals surface area contributed by atoms with Gasteiger partial charge in [0.2, 0.25) is 5.91 Å². The zero-order chi connectivity index (χ0) is 17.3. The lowest BCUT2D eigenvalue weighted by Crippen LogP contribution is -2.43. The molecule has 0 atom stereocenters. The maximum absolute atomic E-state index is 12.4. The highest BCUT2D eigenvalue weighted by molar-refractivity contribution is 6.05. The lowest BCUT2D eigenvalue weighted by atomic mass is 10.1. The van der Waals surface area contributed by atoms with Gasteiger partial charge < -0.3 is 10.1 Å². The van der Waals surface area contributed by atoms with Crippen molar-refractivity contribution in [2.24, 2.45) is 0 Å². The van der Waals surface area contributed by atoms with Crippen molar-refractivity contribution in [3.63, 3.8) is 0 Å². The molecule has 5 nitrogen and oxygen atoms in total. The van der Waals surface area contributed by atoms with Gasteiger partial charge in [0, 0.05) is 5.69 Å². The minimum atomic E-state index is -0.231. The predicted molar refractivity (Wildman–Crippen MR) is 93.6 cm³/mol. The van der Waals surface area contributed by atoms with Crippen molar-refractivity contribution in [2.45, 2.75) is 20.8 Å². The number of anilines is 2. The second-order valence-corrected chi connectivity index (χ2v) is 6.11. The van der Waals surface area contributed by atoms with Gasteiger partial charge in [0.15, 0.2) is 6.61 Å². The van der Waals surface area contributed by atoms with Crippen molar-refractivity contribution < 1.29 is 14.3 Å². The number of rotatable bonds is 3. The molecule has 124 valence electrons. The molecule has 1 aliphatic heterocycles. The summed E-state index contributed by atoms with van der Waals surface area (Å²) < 4.78 is 5.46. The number of hydrogen-bond acceptors (Lipinski definition) is 3. The summed E-state index contributed by atoms with van der Waals surface area (Å²) in [6, 6.07) is 11.5. The Morgan fingerprint density at radius 3 is 2.62 bits per heavy atom. The summed E-state index contributed by atoms with van der Waals surface area (Å²) in [5, 5.41) is 2.89. The molecule has 0 aliphatic carbocycles. The van der Waals surface area contributed by atoms with Gasteiger partial charge in [0.1, 0.15) is 12.3 Å². The number of fused-ring (bicyclic) bond motifs is 1. The number of aryl methyl sites for hydroxylation is 3. The average Bonchev–Trinajstić information content (AvgIpc) is 2.53. The molecule has 1 aliphatic rings. The Kier molecular flexibility index (Phi) is 4.25. The minimum absolute atomic E-state index is 0.0361. The van der Waals surface area contributed by atoms with E-state index in [0.717, 1.165) is 22.4 Å². The summed E-state index contributed by atoms with van der Waals surface area (Å²) >= 11 is 0. The van der Waals surface area contributed by atoms with Gasteiger partial charge in [0.05, 0.1) is 5.69 Å². The lowest BCUT2D eigenvalue weighted by molar-refractivity contribution is -0.123. The number of ether oxygens (including phenoxy) is 1. The van der Waals surface area contributed by atoms with Crippen LogP contribution >= 0.6 is 0 Å². The maximum atomic E-state index is 12.4. The highest BCUT2D eigenvalue weighted by atomic mass is 16.5. The zero-order valence-electron chi connectivity index (χ0n) is 14.1. The van der Waals surface area contributed by atoms with Gasteiger partial charge in [-0.2, -0.15) is 0 Å². The molecule has 0 unspecified atom stereocenters. The van der Waals surface area contributed by atoms with Crippen molar-refractivity contribution in [3.05, 3.63) is 53.1 Å². The molecule has 2 aromatic carbocycles. The average molecular weight is 324 g/mol. The van der Waals surface area contributed by atoms with Crippen LogP contribution in [0.5, 0.6) is 5.75 Å². The fraction of sp³-hybridized carbons (Fsp3) is 0.263. The number of nitrogens with one attached hydrogen (secondary N) is 1. The summed E-state index contributed by atoms with van der Waals surface area (Å²) in [7, 11) is 0. The largest absolute Gasteiger partial charge is 0.482 e. The third-order valence-electron chi connectivity index (χ3n) is 4.03. The van der Waals surface area contributed by atoms with Crippen molar-refractivity contribution >= 4 is 23.2 Å². The summed E-state index contributed by atoms with van der Waals surface area (Å²) in [6.07, 6.45) is 0. The molecule has 1 heterocycles.